The van der Waals surface area contributed by atoms with Crippen LogP contribution in [0, 0.1) is 0 Å². The van der Waals surface area contributed by atoms with E-state index >= 15 is 0 Å². The summed E-state index contributed by atoms with van der Waals surface area (Å²) in [7, 11) is 3.64. The number of hydrogen-bond acceptors (Lipinski definition) is 4. The number of hydrogen-bond donors (Lipinski definition) is 0. The van der Waals surface area contributed by atoms with E-state index in [0.29, 0.717) is 0 Å². The molecule has 0 aromatic carbocycles. The van der Waals surface area contributed by atoms with Crippen LogP contribution in [0.5, 0.6) is 0 Å². The maximum atomic E-state index is 10.5. The van der Waals surface area contributed by atoms with Gasteiger partial charge in [-0.2, -0.15) is 0 Å². The zero-order valence-electron chi connectivity index (χ0n) is 12.8. The molecule has 1 aliphatic rings. The van der Waals surface area contributed by atoms with E-state index in [-0.39, 0.29) is 0 Å². The molecule has 2 amide bonds. The third-order valence-corrected chi connectivity index (χ3v) is 3.80. The number of rotatable bonds is 10. The Hall–Kier alpha value is -1.14. The zero-order valence-corrected chi connectivity index (χ0v) is 12.8. The van der Waals surface area contributed by atoms with Crippen LogP contribution in [0.25, 0.3) is 0 Å². The third kappa shape index (κ3) is 6.86. The van der Waals surface area contributed by atoms with Gasteiger partial charge >= 0.3 is 0 Å². The van der Waals surface area contributed by atoms with Crippen LogP contribution in [-0.4, -0.2) is 98.9 Å². The van der Waals surface area contributed by atoms with Crippen molar-refractivity contribution < 1.29 is 9.59 Å². The summed E-state index contributed by atoms with van der Waals surface area (Å²) in [4.78, 5) is 29.3. The lowest BCUT2D eigenvalue weighted by Gasteiger charge is -2.35. The minimum absolute atomic E-state index is 0.835. The van der Waals surface area contributed by atoms with Crippen LogP contribution in [0.1, 0.15) is 12.8 Å². The van der Waals surface area contributed by atoms with Gasteiger partial charge in [-0.25, -0.2) is 0 Å². The van der Waals surface area contributed by atoms with Crippen molar-refractivity contribution in [2.24, 2.45) is 0 Å². The van der Waals surface area contributed by atoms with Gasteiger partial charge in [0.2, 0.25) is 12.8 Å². The zero-order chi connectivity index (χ0) is 14.8. The first-order valence-corrected chi connectivity index (χ1v) is 7.41. The average molecular weight is 284 g/mol. The Labute approximate surface area is 122 Å². The van der Waals surface area contributed by atoms with Crippen molar-refractivity contribution in [2.45, 2.75) is 12.8 Å². The monoisotopic (exact) mass is 284 g/mol. The maximum absolute atomic E-state index is 10.5. The Balaban J connectivity index is 2.04. The highest BCUT2D eigenvalue weighted by atomic mass is 16.1. The van der Waals surface area contributed by atoms with E-state index in [1.54, 1.807) is 9.80 Å². The molecule has 0 radical (unpaired) electrons. The van der Waals surface area contributed by atoms with Gasteiger partial charge in [-0.1, -0.05) is 0 Å². The maximum Gasteiger partial charge on any atom is 0.209 e. The predicted octanol–water partition coefficient (Wildman–Crippen LogP) is -0.439. The molecule has 0 aromatic heterocycles. The van der Waals surface area contributed by atoms with E-state index in [9.17, 15) is 9.59 Å². The van der Waals surface area contributed by atoms with Crippen LogP contribution in [-0.2, 0) is 9.59 Å². The van der Waals surface area contributed by atoms with Gasteiger partial charge in [-0.3, -0.25) is 9.59 Å². The number of piperazine rings is 1. The topological polar surface area (TPSA) is 47.1 Å². The molecule has 0 unspecified atom stereocenters. The number of nitrogens with zero attached hydrogens (tertiary/aromatic N) is 4. The number of carbonyl (C=O) groups excluding carboxylic acids is 2. The van der Waals surface area contributed by atoms with Gasteiger partial charge < -0.3 is 19.6 Å². The lowest BCUT2D eigenvalue weighted by molar-refractivity contribution is -0.117. The normalized spacial score (nSPS) is 16.9. The molecule has 1 rings (SSSR count). The molecule has 0 bridgehead atoms. The summed E-state index contributed by atoms with van der Waals surface area (Å²) in [6.07, 6.45) is 3.85. The summed E-state index contributed by atoms with van der Waals surface area (Å²) in [5.74, 6) is 0. The molecule has 20 heavy (non-hydrogen) atoms. The average Bonchev–Trinajstić information content (AvgIpc) is 2.48. The summed E-state index contributed by atoms with van der Waals surface area (Å²) in [5.41, 5.74) is 0. The van der Waals surface area contributed by atoms with Gasteiger partial charge in [0.25, 0.3) is 0 Å². The first kappa shape index (κ1) is 16.9. The molecule has 1 saturated heterocycles. The smallest absolute Gasteiger partial charge is 0.209 e. The highest BCUT2D eigenvalue weighted by Gasteiger charge is 2.16. The van der Waals surface area contributed by atoms with Crippen LogP contribution in [0.2, 0.25) is 0 Å². The second-order valence-electron chi connectivity index (χ2n) is 5.56. The molecule has 0 aromatic rings. The molecule has 116 valence electrons. The first-order chi connectivity index (χ1) is 9.65. The largest absolute Gasteiger partial charge is 0.348 e. The van der Waals surface area contributed by atoms with Crippen LogP contribution < -0.4 is 0 Å². The molecule has 1 fully saturated rings. The summed E-state index contributed by atoms with van der Waals surface area (Å²) >= 11 is 0. The van der Waals surface area contributed by atoms with Gasteiger partial charge in [0.05, 0.1) is 0 Å². The minimum Gasteiger partial charge on any atom is -0.348 e. The Bertz CT molecular complexity index is 252. The van der Waals surface area contributed by atoms with Gasteiger partial charge in [0, 0.05) is 53.4 Å². The lowest BCUT2D eigenvalue weighted by Crippen LogP contribution is -2.47. The van der Waals surface area contributed by atoms with Crippen molar-refractivity contribution in [1.82, 2.24) is 19.6 Å². The molecule has 0 N–H and O–H groups in total. The van der Waals surface area contributed by atoms with Gasteiger partial charge in [-0.05, 0) is 25.9 Å². The van der Waals surface area contributed by atoms with E-state index in [1.165, 1.54) is 0 Å². The van der Waals surface area contributed by atoms with E-state index in [2.05, 4.69) is 9.80 Å². The lowest BCUT2D eigenvalue weighted by atomic mass is 10.2. The van der Waals surface area contributed by atoms with E-state index < -0.39 is 0 Å². The first-order valence-electron chi connectivity index (χ1n) is 7.41. The van der Waals surface area contributed by atoms with E-state index in [0.717, 1.165) is 78.0 Å². The Morgan fingerprint density at radius 3 is 1.45 bits per heavy atom. The molecule has 0 saturated carbocycles. The van der Waals surface area contributed by atoms with Gasteiger partial charge in [0.1, 0.15) is 0 Å². The summed E-state index contributed by atoms with van der Waals surface area (Å²) in [6, 6.07) is 0. The number of carbonyl (C=O) groups is 2. The minimum atomic E-state index is 0.835. The molecule has 1 heterocycles. The molecule has 6 nitrogen and oxygen atoms in total. The van der Waals surface area contributed by atoms with Crippen molar-refractivity contribution in [3.63, 3.8) is 0 Å². The number of amides is 2. The van der Waals surface area contributed by atoms with E-state index in [1.807, 2.05) is 14.1 Å². The fourth-order valence-electron chi connectivity index (χ4n) is 2.43. The summed E-state index contributed by atoms with van der Waals surface area (Å²) in [6.45, 7) is 8.23. The highest BCUT2D eigenvalue weighted by molar-refractivity contribution is 5.46. The second-order valence-corrected chi connectivity index (χ2v) is 5.56. The summed E-state index contributed by atoms with van der Waals surface area (Å²) in [5, 5.41) is 0. The molecule has 1 aliphatic heterocycles. The quantitative estimate of drug-likeness (QED) is 0.510. The molecule has 0 spiro atoms. The molecular formula is C14H28N4O2. The second kappa shape index (κ2) is 9.72. The van der Waals surface area contributed by atoms with Crippen molar-refractivity contribution in [1.29, 1.82) is 0 Å². The van der Waals surface area contributed by atoms with Gasteiger partial charge in [-0.15, -0.1) is 0 Å². The van der Waals surface area contributed by atoms with Gasteiger partial charge in [0.15, 0.2) is 0 Å². The standard InChI is InChI=1S/C14H28N4O2/c1-15(13-19)5-3-7-17-9-11-18(12-10-17)8-4-6-16(2)14-20/h13-14H,3-12H2,1-2H3. The Kier molecular flexibility index (Phi) is 8.22. The van der Waals surface area contributed by atoms with Crippen molar-refractivity contribution in [3.05, 3.63) is 0 Å². The molecule has 6 heteroatoms. The highest BCUT2D eigenvalue weighted by Crippen LogP contribution is 2.03. The van der Waals surface area contributed by atoms with Crippen molar-refractivity contribution in [2.75, 3.05) is 66.5 Å². The Morgan fingerprint density at radius 2 is 1.15 bits per heavy atom. The fourth-order valence-corrected chi connectivity index (χ4v) is 2.43. The third-order valence-electron chi connectivity index (χ3n) is 3.80. The van der Waals surface area contributed by atoms with Crippen LogP contribution in [0.15, 0.2) is 0 Å². The van der Waals surface area contributed by atoms with Crippen LogP contribution in [0.3, 0.4) is 0 Å². The summed E-state index contributed by atoms with van der Waals surface area (Å²) < 4.78 is 0. The van der Waals surface area contributed by atoms with Crippen molar-refractivity contribution in [3.8, 4) is 0 Å². The predicted molar refractivity (Wildman–Crippen MR) is 79.5 cm³/mol. The molecule has 0 atom stereocenters. The van der Waals surface area contributed by atoms with Crippen molar-refractivity contribution >= 4 is 12.8 Å². The van der Waals surface area contributed by atoms with E-state index in [4.69, 9.17) is 0 Å². The fraction of sp³-hybridized carbons (Fsp3) is 0.857. The molecular weight excluding hydrogens is 256 g/mol. The van der Waals surface area contributed by atoms with Crippen LogP contribution >= 0.6 is 0 Å². The van der Waals surface area contributed by atoms with Crippen LogP contribution in [0.4, 0.5) is 0 Å². The Morgan fingerprint density at radius 1 is 0.800 bits per heavy atom. The SMILES string of the molecule is CN(C=O)CCCN1CCN(CCCN(C)C=O)CC1. The molecule has 0 aliphatic carbocycles.